The van der Waals surface area contributed by atoms with E-state index in [4.69, 9.17) is 19.2 Å². The number of ether oxygens (including phenoxy) is 3. The Kier molecular flexibility index (Phi) is 5.24. The highest BCUT2D eigenvalue weighted by Crippen LogP contribution is 2.30. The molecule has 30 heavy (non-hydrogen) atoms. The van der Waals surface area contributed by atoms with Crippen LogP contribution in [0, 0.1) is 6.92 Å². The summed E-state index contributed by atoms with van der Waals surface area (Å²) in [6, 6.07) is 11.5. The monoisotopic (exact) mass is 407 g/mol. The van der Waals surface area contributed by atoms with Gasteiger partial charge in [-0.2, -0.15) is 0 Å². The first kappa shape index (κ1) is 19.7. The lowest BCUT2D eigenvalue weighted by molar-refractivity contribution is -0.140. The van der Waals surface area contributed by atoms with E-state index >= 15 is 0 Å². The normalized spacial score (nSPS) is 14.2. The van der Waals surface area contributed by atoms with Crippen LogP contribution in [0.25, 0.3) is 16.9 Å². The number of imidazole rings is 1. The van der Waals surface area contributed by atoms with E-state index in [1.807, 2.05) is 60.1 Å². The van der Waals surface area contributed by atoms with Crippen LogP contribution >= 0.6 is 0 Å². The molecule has 0 saturated carbocycles. The third-order valence-electron chi connectivity index (χ3n) is 4.96. The number of hydrogen-bond donors (Lipinski definition) is 0. The molecule has 3 aromatic rings. The average Bonchev–Trinajstić information content (AvgIpc) is 3.23. The van der Waals surface area contributed by atoms with Gasteiger partial charge in [0.05, 0.1) is 32.1 Å². The molecule has 1 aliphatic heterocycles. The molecule has 0 spiro atoms. The molecular formula is C22H21N3O5. The number of carbonyl (C=O) groups is 2. The molecule has 0 fully saturated rings. The van der Waals surface area contributed by atoms with Crippen molar-refractivity contribution in [3.05, 3.63) is 65.6 Å². The van der Waals surface area contributed by atoms with Crippen molar-refractivity contribution in [1.29, 1.82) is 0 Å². The van der Waals surface area contributed by atoms with Crippen molar-refractivity contribution in [2.75, 3.05) is 32.5 Å². The summed E-state index contributed by atoms with van der Waals surface area (Å²) in [6.45, 7) is 2.08. The maximum absolute atomic E-state index is 12.5. The summed E-state index contributed by atoms with van der Waals surface area (Å²) in [5, 5.41) is 0. The van der Waals surface area contributed by atoms with Gasteiger partial charge >= 0.3 is 11.9 Å². The number of fused-ring (bicyclic) bond motifs is 1. The fraction of sp³-hybridized carbons (Fsp3) is 0.227. The number of benzene rings is 1. The zero-order valence-electron chi connectivity index (χ0n) is 16.9. The van der Waals surface area contributed by atoms with E-state index in [1.165, 1.54) is 14.2 Å². The molecule has 0 amide bonds. The summed E-state index contributed by atoms with van der Waals surface area (Å²) in [6.07, 6.45) is 3.90. The Morgan fingerprint density at radius 1 is 1.10 bits per heavy atom. The predicted molar refractivity (Wildman–Crippen MR) is 110 cm³/mol. The van der Waals surface area contributed by atoms with Crippen LogP contribution < -0.4 is 4.90 Å². The Hall–Kier alpha value is -3.65. The van der Waals surface area contributed by atoms with E-state index < -0.39 is 11.9 Å². The molecule has 1 aromatic carbocycles. The minimum atomic E-state index is -0.632. The molecule has 0 atom stereocenters. The molecule has 1 aliphatic rings. The van der Waals surface area contributed by atoms with Gasteiger partial charge in [-0.1, -0.05) is 18.2 Å². The van der Waals surface area contributed by atoms with Crippen molar-refractivity contribution in [2.24, 2.45) is 0 Å². The highest BCUT2D eigenvalue weighted by molar-refractivity contribution is 6.03. The van der Waals surface area contributed by atoms with Gasteiger partial charge in [-0.25, -0.2) is 14.6 Å². The second kappa shape index (κ2) is 8.00. The van der Waals surface area contributed by atoms with Crippen molar-refractivity contribution in [3.8, 4) is 11.3 Å². The number of esters is 2. The van der Waals surface area contributed by atoms with Crippen LogP contribution in [0.2, 0.25) is 0 Å². The maximum Gasteiger partial charge on any atom is 0.355 e. The average molecular weight is 407 g/mol. The smallest absolute Gasteiger partial charge is 0.355 e. The molecule has 0 unspecified atom stereocenters. The zero-order valence-corrected chi connectivity index (χ0v) is 16.9. The van der Waals surface area contributed by atoms with Gasteiger partial charge in [-0.15, -0.1) is 0 Å². The van der Waals surface area contributed by atoms with Crippen LogP contribution in [0.3, 0.4) is 0 Å². The molecule has 0 bridgehead atoms. The number of aryl methyl sites for hydroxylation is 1. The van der Waals surface area contributed by atoms with Crippen molar-refractivity contribution in [2.45, 2.75) is 6.92 Å². The molecule has 4 rings (SSSR count). The van der Waals surface area contributed by atoms with Gasteiger partial charge in [0.15, 0.2) is 0 Å². The summed E-state index contributed by atoms with van der Waals surface area (Å²) in [7, 11) is 2.53. The van der Waals surface area contributed by atoms with Gasteiger partial charge in [0.2, 0.25) is 0 Å². The summed E-state index contributed by atoms with van der Waals surface area (Å²) < 4.78 is 17.2. The standard InChI is InChI=1S/C22H21N3O5/c1-14-6-5-9-24-11-18(23-20(14)24)15-7-4-8-16(10-15)25-13-30-12-17(21(26)28-2)19(25)22(27)29-3/h4-11H,12-13H2,1-3H3. The predicted octanol–water partition coefficient (Wildman–Crippen LogP) is 2.70. The SMILES string of the molecule is COC(=O)C1=C(C(=O)OC)N(c2cccc(-c3cn4cccc(C)c4n3)c2)COC1. The second-order valence-electron chi connectivity index (χ2n) is 6.81. The summed E-state index contributed by atoms with van der Waals surface area (Å²) in [4.78, 5) is 31.0. The molecule has 0 saturated heterocycles. The van der Waals surface area contributed by atoms with Gasteiger partial charge in [0, 0.05) is 23.6 Å². The van der Waals surface area contributed by atoms with Crippen molar-refractivity contribution < 1.29 is 23.8 Å². The molecule has 8 heteroatoms. The molecule has 3 heterocycles. The maximum atomic E-state index is 12.5. The minimum Gasteiger partial charge on any atom is -0.466 e. The lowest BCUT2D eigenvalue weighted by Crippen LogP contribution is -2.38. The van der Waals surface area contributed by atoms with Gasteiger partial charge in [0.1, 0.15) is 18.1 Å². The van der Waals surface area contributed by atoms with E-state index in [0.717, 1.165) is 22.5 Å². The number of anilines is 1. The van der Waals surface area contributed by atoms with E-state index in [2.05, 4.69) is 0 Å². The first-order valence-electron chi connectivity index (χ1n) is 9.33. The number of rotatable bonds is 4. The van der Waals surface area contributed by atoms with Crippen LogP contribution in [0.1, 0.15) is 5.56 Å². The number of hydrogen-bond acceptors (Lipinski definition) is 7. The fourth-order valence-electron chi connectivity index (χ4n) is 3.47. The van der Waals surface area contributed by atoms with Gasteiger partial charge in [-0.05, 0) is 30.7 Å². The number of methoxy groups -OCH3 is 2. The third-order valence-corrected chi connectivity index (χ3v) is 4.96. The summed E-state index contributed by atoms with van der Waals surface area (Å²) in [5.41, 5.74) is 4.50. The van der Waals surface area contributed by atoms with E-state index in [1.54, 1.807) is 4.90 Å². The molecular weight excluding hydrogens is 386 g/mol. The highest BCUT2D eigenvalue weighted by atomic mass is 16.5. The second-order valence-corrected chi connectivity index (χ2v) is 6.81. The van der Waals surface area contributed by atoms with Crippen LogP contribution in [0.5, 0.6) is 0 Å². The zero-order chi connectivity index (χ0) is 21.3. The largest absolute Gasteiger partial charge is 0.466 e. The van der Waals surface area contributed by atoms with E-state index in [-0.39, 0.29) is 24.6 Å². The molecule has 8 nitrogen and oxygen atoms in total. The Labute approximate surface area is 173 Å². The molecule has 154 valence electrons. The lowest BCUT2D eigenvalue weighted by Gasteiger charge is -2.31. The first-order chi connectivity index (χ1) is 14.5. The number of carbonyl (C=O) groups excluding carboxylic acids is 2. The van der Waals surface area contributed by atoms with Crippen LogP contribution in [-0.4, -0.2) is 48.9 Å². The van der Waals surface area contributed by atoms with Crippen molar-refractivity contribution in [3.63, 3.8) is 0 Å². The van der Waals surface area contributed by atoms with E-state index in [9.17, 15) is 9.59 Å². The number of pyridine rings is 1. The van der Waals surface area contributed by atoms with Crippen LogP contribution in [-0.2, 0) is 23.8 Å². The Balaban J connectivity index is 1.79. The topological polar surface area (TPSA) is 82.4 Å². The quantitative estimate of drug-likeness (QED) is 0.615. The molecule has 0 N–H and O–H groups in total. The Morgan fingerprint density at radius 2 is 1.90 bits per heavy atom. The van der Waals surface area contributed by atoms with Crippen LogP contribution in [0.15, 0.2) is 60.1 Å². The molecule has 0 radical (unpaired) electrons. The summed E-state index contributed by atoms with van der Waals surface area (Å²) in [5.74, 6) is -1.26. The highest BCUT2D eigenvalue weighted by Gasteiger charge is 2.32. The lowest BCUT2D eigenvalue weighted by atomic mass is 10.1. The van der Waals surface area contributed by atoms with Gasteiger partial charge in [0.25, 0.3) is 0 Å². The van der Waals surface area contributed by atoms with Crippen LogP contribution in [0.4, 0.5) is 5.69 Å². The van der Waals surface area contributed by atoms with Crippen molar-refractivity contribution in [1.82, 2.24) is 9.38 Å². The molecule has 0 aliphatic carbocycles. The minimum absolute atomic E-state index is 0.0288. The molecule has 2 aromatic heterocycles. The van der Waals surface area contributed by atoms with Crippen molar-refractivity contribution >= 4 is 23.3 Å². The Morgan fingerprint density at radius 3 is 2.63 bits per heavy atom. The fourth-order valence-corrected chi connectivity index (χ4v) is 3.47. The van der Waals surface area contributed by atoms with Gasteiger partial charge < -0.3 is 23.5 Å². The number of nitrogens with zero attached hydrogens (tertiary/aromatic N) is 3. The first-order valence-corrected chi connectivity index (χ1v) is 9.33. The Bertz CT molecular complexity index is 1160. The number of aromatic nitrogens is 2. The third kappa shape index (κ3) is 3.42. The van der Waals surface area contributed by atoms with Gasteiger partial charge in [-0.3, -0.25) is 0 Å². The van der Waals surface area contributed by atoms with E-state index in [0.29, 0.717) is 5.69 Å². The summed E-state index contributed by atoms with van der Waals surface area (Å²) >= 11 is 0.